The third kappa shape index (κ3) is 5.95. The minimum atomic E-state index is 0.746. The molecule has 0 fully saturated rings. The van der Waals surface area contributed by atoms with Crippen molar-refractivity contribution in [3.63, 3.8) is 0 Å². The second kappa shape index (κ2) is 7.89. The lowest BCUT2D eigenvalue weighted by Crippen LogP contribution is -1.97. The number of rotatable bonds is 7. The van der Waals surface area contributed by atoms with Gasteiger partial charge in [0, 0.05) is 5.02 Å². The summed E-state index contributed by atoms with van der Waals surface area (Å²) in [6, 6.07) is 7.49. The first-order valence-corrected chi connectivity index (χ1v) is 6.33. The molecule has 1 rings (SSSR count). The van der Waals surface area contributed by atoms with E-state index < -0.39 is 0 Å². The minimum Gasteiger partial charge on any atom is -0.494 e. The van der Waals surface area contributed by atoms with Crippen molar-refractivity contribution in [2.24, 2.45) is 0 Å². The molecule has 0 heterocycles. The largest absolute Gasteiger partial charge is 0.494 e. The molecule has 1 aromatic rings. The van der Waals surface area contributed by atoms with Crippen LogP contribution < -0.4 is 4.74 Å². The molecular weight excluding hydrogens is 228 g/mol. The van der Waals surface area contributed by atoms with E-state index in [-0.39, 0.29) is 0 Å². The molecule has 0 atom stereocenters. The number of unbranched alkanes of at least 4 members (excludes halogenated alkanes) is 3. The van der Waals surface area contributed by atoms with E-state index in [1.165, 1.54) is 19.3 Å². The summed E-state index contributed by atoms with van der Waals surface area (Å²) in [4.78, 5) is 0. The van der Waals surface area contributed by atoms with Crippen molar-refractivity contribution < 1.29 is 4.74 Å². The van der Waals surface area contributed by atoms with Crippen LogP contribution in [0, 0.1) is 0 Å². The fraction of sp³-hybridized carbons (Fsp3) is 0.500. The van der Waals surface area contributed by atoms with Crippen LogP contribution in [-0.4, -0.2) is 12.4 Å². The van der Waals surface area contributed by atoms with Crippen LogP contribution >= 0.6 is 24.2 Å². The van der Waals surface area contributed by atoms with Crippen molar-refractivity contribution in [2.75, 3.05) is 12.4 Å². The molecule has 0 radical (unpaired) electrons. The van der Waals surface area contributed by atoms with E-state index in [1.807, 2.05) is 24.3 Å². The molecule has 0 unspecified atom stereocenters. The van der Waals surface area contributed by atoms with Gasteiger partial charge >= 0.3 is 0 Å². The lowest BCUT2D eigenvalue weighted by Gasteiger charge is -2.05. The predicted molar refractivity (Wildman–Crippen MR) is 69.3 cm³/mol. The number of hydrogen-bond donors (Lipinski definition) is 1. The molecule has 0 N–H and O–H groups in total. The second-order valence-corrected chi connectivity index (χ2v) is 4.32. The summed E-state index contributed by atoms with van der Waals surface area (Å²) in [5.41, 5.74) is 0. The first kappa shape index (κ1) is 12.7. The maximum absolute atomic E-state index is 5.77. The zero-order chi connectivity index (χ0) is 10.9. The number of halogens is 1. The number of thiol groups is 1. The van der Waals surface area contributed by atoms with E-state index >= 15 is 0 Å². The Kier molecular flexibility index (Phi) is 6.69. The average Bonchev–Trinajstić information content (AvgIpc) is 2.26. The quantitative estimate of drug-likeness (QED) is 0.559. The Hall–Kier alpha value is -0.340. The Bertz CT molecular complexity index is 261. The van der Waals surface area contributed by atoms with Crippen LogP contribution in [0.5, 0.6) is 5.75 Å². The van der Waals surface area contributed by atoms with E-state index in [1.54, 1.807) is 0 Å². The molecular formula is C12H17ClOS. The predicted octanol–water partition coefficient (Wildman–Crippen LogP) is 4.21. The lowest BCUT2D eigenvalue weighted by molar-refractivity contribution is 0.305. The van der Waals surface area contributed by atoms with Crippen LogP contribution in [0.25, 0.3) is 0 Å². The van der Waals surface area contributed by atoms with Crippen LogP contribution in [0.15, 0.2) is 24.3 Å². The van der Waals surface area contributed by atoms with E-state index in [0.29, 0.717) is 0 Å². The summed E-state index contributed by atoms with van der Waals surface area (Å²) in [6.07, 6.45) is 4.77. The molecule has 0 bridgehead atoms. The number of hydrogen-bond acceptors (Lipinski definition) is 2. The summed E-state index contributed by atoms with van der Waals surface area (Å²) in [7, 11) is 0. The third-order valence-corrected chi connectivity index (χ3v) is 2.70. The Morgan fingerprint density at radius 1 is 1.00 bits per heavy atom. The topological polar surface area (TPSA) is 9.23 Å². The molecule has 15 heavy (non-hydrogen) atoms. The lowest BCUT2D eigenvalue weighted by atomic mass is 10.2. The zero-order valence-electron chi connectivity index (χ0n) is 8.79. The van der Waals surface area contributed by atoms with Gasteiger partial charge < -0.3 is 4.74 Å². The molecule has 1 nitrogen and oxygen atoms in total. The third-order valence-electron chi connectivity index (χ3n) is 2.13. The first-order valence-electron chi connectivity index (χ1n) is 5.32. The van der Waals surface area contributed by atoms with Crippen molar-refractivity contribution in [1.82, 2.24) is 0 Å². The van der Waals surface area contributed by atoms with Gasteiger partial charge in [-0.25, -0.2) is 0 Å². The fourth-order valence-electron chi connectivity index (χ4n) is 1.29. The molecule has 1 aromatic carbocycles. The molecule has 3 heteroatoms. The summed E-state index contributed by atoms with van der Waals surface area (Å²) >= 11 is 9.94. The van der Waals surface area contributed by atoms with E-state index in [0.717, 1.165) is 29.6 Å². The van der Waals surface area contributed by atoms with Gasteiger partial charge in [0.2, 0.25) is 0 Å². The summed E-state index contributed by atoms with van der Waals surface area (Å²) < 4.78 is 5.56. The van der Waals surface area contributed by atoms with Crippen LogP contribution in [0.2, 0.25) is 5.02 Å². The van der Waals surface area contributed by atoms with Gasteiger partial charge in [0.05, 0.1) is 6.61 Å². The van der Waals surface area contributed by atoms with Crippen molar-refractivity contribution >= 4 is 24.2 Å². The van der Waals surface area contributed by atoms with Crippen LogP contribution in [0.4, 0.5) is 0 Å². The normalized spacial score (nSPS) is 10.3. The highest BCUT2D eigenvalue weighted by Gasteiger charge is 1.94. The zero-order valence-corrected chi connectivity index (χ0v) is 10.4. The summed E-state index contributed by atoms with van der Waals surface area (Å²) in [5.74, 6) is 1.88. The monoisotopic (exact) mass is 244 g/mol. The Morgan fingerprint density at radius 2 is 1.67 bits per heavy atom. The van der Waals surface area contributed by atoms with Gasteiger partial charge in [-0.1, -0.05) is 24.4 Å². The van der Waals surface area contributed by atoms with Gasteiger partial charge in [0.15, 0.2) is 0 Å². The Balaban J connectivity index is 2.07. The number of ether oxygens (including phenoxy) is 1. The van der Waals surface area contributed by atoms with Crippen LogP contribution in [-0.2, 0) is 0 Å². The van der Waals surface area contributed by atoms with Crippen molar-refractivity contribution in [1.29, 1.82) is 0 Å². The van der Waals surface area contributed by atoms with Crippen molar-refractivity contribution in [2.45, 2.75) is 25.7 Å². The smallest absolute Gasteiger partial charge is 0.119 e. The van der Waals surface area contributed by atoms with Crippen LogP contribution in [0.3, 0.4) is 0 Å². The van der Waals surface area contributed by atoms with Gasteiger partial charge in [-0.2, -0.15) is 12.6 Å². The van der Waals surface area contributed by atoms with Gasteiger partial charge in [-0.15, -0.1) is 0 Å². The standard InChI is InChI=1S/C12H17ClOS/c13-11-5-7-12(8-6-11)14-9-3-1-2-4-10-15/h5-8,15H,1-4,9-10H2. The highest BCUT2D eigenvalue weighted by Crippen LogP contribution is 2.15. The Labute approximate surface area is 102 Å². The molecule has 0 saturated carbocycles. The van der Waals surface area contributed by atoms with Gasteiger partial charge in [0.25, 0.3) is 0 Å². The molecule has 0 spiro atoms. The van der Waals surface area contributed by atoms with Crippen molar-refractivity contribution in [3.8, 4) is 5.75 Å². The molecule has 84 valence electrons. The average molecular weight is 245 g/mol. The first-order chi connectivity index (χ1) is 7.33. The van der Waals surface area contributed by atoms with Gasteiger partial charge in [-0.3, -0.25) is 0 Å². The molecule has 0 aliphatic rings. The maximum Gasteiger partial charge on any atom is 0.119 e. The minimum absolute atomic E-state index is 0.746. The number of benzene rings is 1. The second-order valence-electron chi connectivity index (χ2n) is 3.44. The van der Waals surface area contributed by atoms with E-state index in [4.69, 9.17) is 16.3 Å². The Morgan fingerprint density at radius 3 is 2.33 bits per heavy atom. The van der Waals surface area contributed by atoms with Gasteiger partial charge in [-0.05, 0) is 42.9 Å². The highest BCUT2D eigenvalue weighted by atomic mass is 35.5. The molecule has 0 aliphatic carbocycles. The molecule has 0 amide bonds. The fourth-order valence-corrected chi connectivity index (χ4v) is 1.64. The highest BCUT2D eigenvalue weighted by molar-refractivity contribution is 7.80. The summed E-state index contributed by atoms with van der Waals surface area (Å²) in [5, 5.41) is 0.746. The molecule has 0 saturated heterocycles. The van der Waals surface area contributed by atoms with Crippen molar-refractivity contribution in [3.05, 3.63) is 29.3 Å². The van der Waals surface area contributed by atoms with E-state index in [2.05, 4.69) is 12.6 Å². The maximum atomic E-state index is 5.77. The van der Waals surface area contributed by atoms with Gasteiger partial charge in [0.1, 0.15) is 5.75 Å². The van der Waals surface area contributed by atoms with Crippen LogP contribution in [0.1, 0.15) is 25.7 Å². The summed E-state index contributed by atoms with van der Waals surface area (Å²) in [6.45, 7) is 0.786. The SMILES string of the molecule is SCCCCCCOc1ccc(Cl)cc1. The molecule has 0 aromatic heterocycles. The molecule has 0 aliphatic heterocycles. The van der Waals surface area contributed by atoms with E-state index in [9.17, 15) is 0 Å².